The van der Waals surface area contributed by atoms with Crippen molar-refractivity contribution in [3.63, 3.8) is 0 Å². The first kappa shape index (κ1) is 31.2. The molecular formula is C29H30ClF3N6O2. The van der Waals surface area contributed by atoms with Gasteiger partial charge in [-0.15, -0.1) is 0 Å². The molecule has 41 heavy (non-hydrogen) atoms. The van der Waals surface area contributed by atoms with Gasteiger partial charge in [-0.1, -0.05) is 37.6 Å². The molecule has 0 spiro atoms. The lowest BCUT2D eigenvalue weighted by atomic mass is 10.0. The molecule has 0 fully saturated rings. The number of hydrogen-bond acceptors (Lipinski definition) is 6. The Hall–Kier alpha value is -4.38. The largest absolute Gasteiger partial charge is 0.398 e. The lowest BCUT2D eigenvalue weighted by molar-refractivity contribution is 0.485. The van der Waals surface area contributed by atoms with E-state index < -0.39 is 35.4 Å². The fourth-order valence-corrected chi connectivity index (χ4v) is 4.33. The fourth-order valence-electron chi connectivity index (χ4n) is 4.05. The van der Waals surface area contributed by atoms with E-state index in [-0.39, 0.29) is 18.1 Å². The first-order valence-electron chi connectivity index (χ1n) is 12.6. The van der Waals surface area contributed by atoms with Crippen molar-refractivity contribution in [2.75, 3.05) is 18.1 Å². The van der Waals surface area contributed by atoms with Crippen LogP contribution >= 0.6 is 11.6 Å². The highest BCUT2D eigenvalue weighted by Gasteiger charge is 2.19. The van der Waals surface area contributed by atoms with Crippen LogP contribution in [-0.2, 0) is 19.5 Å². The monoisotopic (exact) mass is 586 g/mol. The van der Waals surface area contributed by atoms with Gasteiger partial charge in [0.05, 0.1) is 13.1 Å². The second kappa shape index (κ2) is 13.8. The molecule has 0 aliphatic rings. The van der Waals surface area contributed by atoms with Crippen LogP contribution in [0, 0.1) is 17.5 Å². The fraction of sp³-hybridized carbons (Fsp3) is 0.241. The molecule has 0 atom stereocenters. The Morgan fingerprint density at radius 1 is 1.12 bits per heavy atom. The average Bonchev–Trinajstić information content (AvgIpc) is 2.90. The minimum atomic E-state index is -1.38. The predicted octanol–water partition coefficient (Wildman–Crippen LogP) is 5.45. The number of aromatic nitrogens is 3. The van der Waals surface area contributed by atoms with Crippen LogP contribution < -0.4 is 22.4 Å². The normalized spacial score (nSPS) is 12.0. The molecule has 0 radical (unpaired) electrons. The Balaban J connectivity index is 2.22. The van der Waals surface area contributed by atoms with Crippen LogP contribution in [0.25, 0.3) is 0 Å². The van der Waals surface area contributed by atoms with Crippen LogP contribution in [-0.4, -0.2) is 27.4 Å². The van der Waals surface area contributed by atoms with Gasteiger partial charge in [0.1, 0.15) is 5.82 Å². The molecule has 0 unspecified atom stereocenters. The second-order valence-electron chi connectivity index (χ2n) is 9.12. The number of anilines is 3. The summed E-state index contributed by atoms with van der Waals surface area (Å²) in [4.78, 5) is 34.8. The summed E-state index contributed by atoms with van der Waals surface area (Å²) >= 11 is 6.10. The molecule has 216 valence electrons. The molecule has 0 aliphatic heterocycles. The molecule has 3 rings (SSSR count). The standard InChI is InChI=1S/C29H30ClF3N6O2/c1-5-7-18-11-25(34)19(14-35-4)12-26(18)36-27-37-28(40)39(15-17(3)9-21(30)8-6-2)29(41)38(27)16-20-10-23(32)24(33)13-22(20)31/h6,8-14H,3,5,7,15-16,34H2,1-2,4H3,(H,36,37,40)/b8-6-,21-9+,35-14?. The summed E-state index contributed by atoms with van der Waals surface area (Å²) in [7, 11) is 1.58. The van der Waals surface area contributed by atoms with Gasteiger partial charge in [-0.2, -0.15) is 4.98 Å². The summed E-state index contributed by atoms with van der Waals surface area (Å²) in [6, 6.07) is 4.46. The quantitative estimate of drug-likeness (QED) is 0.134. The molecule has 12 heteroatoms. The average molecular weight is 587 g/mol. The van der Waals surface area contributed by atoms with Gasteiger partial charge >= 0.3 is 11.4 Å². The summed E-state index contributed by atoms with van der Waals surface area (Å²) in [6.07, 6.45) is 7.66. The van der Waals surface area contributed by atoms with E-state index in [1.54, 1.807) is 44.5 Å². The zero-order valence-electron chi connectivity index (χ0n) is 22.8. The number of benzene rings is 2. The molecule has 2 aromatic carbocycles. The first-order chi connectivity index (χ1) is 19.5. The molecule has 1 aromatic heterocycles. The highest BCUT2D eigenvalue weighted by atomic mass is 35.5. The number of halogens is 4. The van der Waals surface area contributed by atoms with Crippen molar-refractivity contribution in [2.45, 2.75) is 39.8 Å². The van der Waals surface area contributed by atoms with Crippen molar-refractivity contribution < 1.29 is 13.2 Å². The Morgan fingerprint density at radius 2 is 1.83 bits per heavy atom. The second-order valence-corrected chi connectivity index (χ2v) is 9.56. The molecule has 1 heterocycles. The van der Waals surface area contributed by atoms with Gasteiger partial charge in [0, 0.05) is 46.9 Å². The number of allylic oxidation sites excluding steroid dienone is 5. The van der Waals surface area contributed by atoms with E-state index in [9.17, 15) is 22.8 Å². The van der Waals surface area contributed by atoms with Gasteiger partial charge in [0.15, 0.2) is 11.6 Å². The zero-order valence-corrected chi connectivity index (χ0v) is 23.6. The van der Waals surface area contributed by atoms with Gasteiger partial charge < -0.3 is 11.1 Å². The Morgan fingerprint density at radius 3 is 2.49 bits per heavy atom. The Labute approximate surface area is 240 Å². The van der Waals surface area contributed by atoms with E-state index in [0.717, 1.165) is 21.1 Å². The maximum absolute atomic E-state index is 14.7. The summed E-state index contributed by atoms with van der Waals surface area (Å²) in [6.45, 7) is 6.72. The van der Waals surface area contributed by atoms with Crippen LogP contribution in [0.2, 0.25) is 0 Å². The molecule has 3 aromatic rings. The van der Waals surface area contributed by atoms with Gasteiger partial charge in [0.25, 0.3) is 0 Å². The summed E-state index contributed by atoms with van der Waals surface area (Å²) in [5.41, 5.74) is 6.62. The third kappa shape index (κ3) is 7.63. The number of nitrogens with two attached hydrogens (primary N) is 1. The summed E-state index contributed by atoms with van der Waals surface area (Å²) in [5.74, 6) is -3.99. The van der Waals surface area contributed by atoms with E-state index in [2.05, 4.69) is 21.9 Å². The minimum absolute atomic E-state index is 0.241. The van der Waals surface area contributed by atoms with Crippen LogP contribution in [0.15, 0.2) is 74.3 Å². The highest BCUT2D eigenvalue weighted by Crippen LogP contribution is 2.27. The van der Waals surface area contributed by atoms with E-state index in [1.165, 1.54) is 6.08 Å². The summed E-state index contributed by atoms with van der Waals surface area (Å²) < 4.78 is 44.0. The number of hydrogen-bond donors (Lipinski definition) is 2. The molecule has 0 saturated heterocycles. The van der Waals surface area contributed by atoms with Crippen LogP contribution in [0.5, 0.6) is 0 Å². The summed E-state index contributed by atoms with van der Waals surface area (Å²) in [5, 5.41) is 3.31. The number of rotatable bonds is 11. The van der Waals surface area contributed by atoms with Crippen molar-refractivity contribution in [1.82, 2.24) is 14.1 Å². The number of aliphatic imine (C=N–C) groups is 1. The van der Waals surface area contributed by atoms with Crippen molar-refractivity contribution in [1.29, 1.82) is 0 Å². The zero-order chi connectivity index (χ0) is 30.3. The SMILES string of the molecule is C=C(/C=C(Cl)\C=C/C)Cn1c(=O)nc(Nc2cc(C=NC)c(N)cc2CCC)n(Cc2cc(F)c(F)cc2F)c1=O. The maximum Gasteiger partial charge on any atom is 0.355 e. The van der Waals surface area contributed by atoms with Gasteiger partial charge in [0.2, 0.25) is 5.95 Å². The van der Waals surface area contributed by atoms with Gasteiger partial charge in [-0.25, -0.2) is 27.3 Å². The molecule has 0 saturated carbocycles. The predicted molar refractivity (Wildman–Crippen MR) is 158 cm³/mol. The van der Waals surface area contributed by atoms with Crippen molar-refractivity contribution in [3.05, 3.63) is 115 Å². The number of nitrogens with one attached hydrogen (secondary N) is 1. The number of aryl methyl sites for hydroxylation is 1. The smallest absolute Gasteiger partial charge is 0.355 e. The number of nitrogens with zero attached hydrogens (tertiary/aromatic N) is 4. The van der Waals surface area contributed by atoms with E-state index >= 15 is 0 Å². The minimum Gasteiger partial charge on any atom is -0.398 e. The van der Waals surface area contributed by atoms with Gasteiger partial charge in [-0.3, -0.25) is 9.56 Å². The third-order valence-corrected chi connectivity index (χ3v) is 6.17. The van der Waals surface area contributed by atoms with E-state index in [4.69, 9.17) is 17.3 Å². The molecule has 8 nitrogen and oxygen atoms in total. The lowest BCUT2D eigenvalue weighted by Crippen LogP contribution is -2.43. The third-order valence-electron chi connectivity index (χ3n) is 5.94. The van der Waals surface area contributed by atoms with Crippen LogP contribution in [0.3, 0.4) is 0 Å². The Bertz CT molecular complexity index is 1670. The van der Waals surface area contributed by atoms with Crippen molar-refractivity contribution >= 4 is 35.1 Å². The molecular weight excluding hydrogens is 557 g/mol. The van der Waals surface area contributed by atoms with Crippen LogP contribution in [0.4, 0.5) is 30.5 Å². The lowest BCUT2D eigenvalue weighted by Gasteiger charge is -2.19. The highest BCUT2D eigenvalue weighted by molar-refractivity contribution is 6.31. The molecule has 3 N–H and O–H groups in total. The molecule has 0 aliphatic carbocycles. The Kier molecular flexibility index (Phi) is 10.5. The molecule has 0 amide bonds. The topological polar surface area (TPSA) is 107 Å². The van der Waals surface area contributed by atoms with Crippen molar-refractivity contribution in [3.8, 4) is 0 Å². The maximum atomic E-state index is 14.7. The van der Waals surface area contributed by atoms with Gasteiger partial charge in [-0.05, 0) is 54.8 Å². The van der Waals surface area contributed by atoms with Crippen molar-refractivity contribution in [2.24, 2.45) is 4.99 Å². The first-order valence-corrected chi connectivity index (χ1v) is 13.0. The van der Waals surface area contributed by atoms with E-state index in [0.29, 0.717) is 46.1 Å². The van der Waals surface area contributed by atoms with Crippen LogP contribution in [0.1, 0.15) is 37.0 Å². The number of nitrogen functional groups attached to an aromatic ring is 1. The van der Waals surface area contributed by atoms with E-state index in [1.807, 2.05) is 6.92 Å². The molecule has 0 bridgehead atoms.